The molecule has 0 radical (unpaired) electrons. The molecule has 2 aromatic carbocycles. The van der Waals surface area contributed by atoms with Crippen molar-refractivity contribution in [1.29, 1.82) is 0 Å². The Hall–Kier alpha value is -2.24. The molecule has 2 N–H and O–H groups in total. The normalized spacial score (nSPS) is 12.8. The molecule has 0 heterocycles. The first-order chi connectivity index (χ1) is 12.3. The summed E-state index contributed by atoms with van der Waals surface area (Å²) in [6.45, 7) is 4.87. The number of anilines is 1. The zero-order valence-corrected chi connectivity index (χ0v) is 16.2. The van der Waals surface area contributed by atoms with E-state index in [0.717, 1.165) is 5.56 Å². The van der Waals surface area contributed by atoms with Crippen LogP contribution in [0.4, 0.5) is 5.69 Å². The molecule has 0 aliphatic heterocycles. The van der Waals surface area contributed by atoms with Crippen molar-refractivity contribution in [2.45, 2.75) is 32.9 Å². The minimum absolute atomic E-state index is 0.218. The van der Waals surface area contributed by atoms with Crippen LogP contribution < -0.4 is 15.4 Å². The largest absolute Gasteiger partial charge is 0.479 e. The number of hydrogen-bond donors (Lipinski definition) is 2. The van der Waals surface area contributed by atoms with E-state index in [1.807, 2.05) is 6.92 Å². The third-order valence-corrected chi connectivity index (χ3v) is 4.22. The van der Waals surface area contributed by atoms with Gasteiger partial charge in [0.25, 0.3) is 5.91 Å². The quantitative estimate of drug-likeness (QED) is 0.752. The average Bonchev–Trinajstić information content (AvgIpc) is 2.55. The van der Waals surface area contributed by atoms with Crippen LogP contribution in [0, 0.1) is 0 Å². The first kappa shape index (κ1) is 20.1. The van der Waals surface area contributed by atoms with Gasteiger partial charge in [-0.25, -0.2) is 0 Å². The first-order valence-electron chi connectivity index (χ1n) is 8.06. The Morgan fingerprint density at radius 2 is 1.77 bits per heavy atom. The molecule has 0 spiro atoms. The van der Waals surface area contributed by atoms with Gasteiger partial charge in [0, 0.05) is 17.0 Å². The monoisotopic (exact) mass is 394 g/mol. The maximum absolute atomic E-state index is 12.5. The Kier molecular flexibility index (Phi) is 6.89. The second-order valence-electron chi connectivity index (χ2n) is 5.83. The molecule has 2 amide bonds. The van der Waals surface area contributed by atoms with Crippen molar-refractivity contribution >= 4 is 40.7 Å². The van der Waals surface area contributed by atoms with Crippen molar-refractivity contribution in [2.24, 2.45) is 0 Å². The minimum Gasteiger partial charge on any atom is -0.479 e. The molecule has 5 nitrogen and oxygen atoms in total. The van der Waals surface area contributed by atoms with E-state index in [0.29, 0.717) is 21.5 Å². The molecule has 0 unspecified atom stereocenters. The fourth-order valence-corrected chi connectivity index (χ4v) is 2.94. The lowest BCUT2D eigenvalue weighted by Gasteiger charge is -2.21. The number of ether oxygens (including phenoxy) is 1. The van der Waals surface area contributed by atoms with Crippen molar-refractivity contribution < 1.29 is 14.3 Å². The predicted octanol–water partition coefficient (Wildman–Crippen LogP) is 4.60. The molecule has 2 rings (SSSR count). The Bertz CT molecular complexity index is 811. The van der Waals surface area contributed by atoms with E-state index in [1.165, 1.54) is 6.92 Å². The maximum atomic E-state index is 12.5. The van der Waals surface area contributed by atoms with Gasteiger partial charge in [-0.05, 0) is 43.7 Å². The number of carbonyl (C=O) groups excluding carboxylic acids is 2. The molecule has 0 bridgehead atoms. The topological polar surface area (TPSA) is 67.4 Å². The predicted molar refractivity (Wildman–Crippen MR) is 104 cm³/mol. The van der Waals surface area contributed by atoms with Crippen LogP contribution in [0.25, 0.3) is 0 Å². The molecule has 2 aromatic rings. The molecule has 0 aromatic heterocycles. The van der Waals surface area contributed by atoms with Gasteiger partial charge in [0.2, 0.25) is 5.91 Å². The molecule has 138 valence electrons. The van der Waals surface area contributed by atoms with Crippen molar-refractivity contribution in [2.75, 3.05) is 5.32 Å². The third-order valence-electron chi connectivity index (χ3n) is 3.66. The summed E-state index contributed by atoms with van der Waals surface area (Å²) in [5.41, 5.74) is 1.27. The maximum Gasteiger partial charge on any atom is 0.261 e. The van der Waals surface area contributed by atoms with E-state index in [2.05, 4.69) is 10.6 Å². The number of benzene rings is 2. The Morgan fingerprint density at radius 1 is 1.08 bits per heavy atom. The number of carbonyl (C=O) groups is 2. The third kappa shape index (κ3) is 5.38. The van der Waals surface area contributed by atoms with Crippen LogP contribution in [0.1, 0.15) is 32.4 Å². The Morgan fingerprint density at radius 3 is 2.42 bits per heavy atom. The van der Waals surface area contributed by atoms with Crippen molar-refractivity contribution in [1.82, 2.24) is 5.32 Å². The zero-order valence-electron chi connectivity index (χ0n) is 14.7. The Labute approximate surface area is 162 Å². The van der Waals surface area contributed by atoms with Crippen LogP contribution >= 0.6 is 23.2 Å². The van der Waals surface area contributed by atoms with Crippen LogP contribution in [0.2, 0.25) is 10.0 Å². The second-order valence-corrected chi connectivity index (χ2v) is 6.68. The number of nitrogens with one attached hydrogen (secondary N) is 2. The highest BCUT2D eigenvalue weighted by Crippen LogP contribution is 2.27. The van der Waals surface area contributed by atoms with Gasteiger partial charge >= 0.3 is 0 Å². The molecule has 0 saturated heterocycles. The molecule has 0 aliphatic carbocycles. The van der Waals surface area contributed by atoms with E-state index in [4.69, 9.17) is 27.9 Å². The van der Waals surface area contributed by atoms with E-state index in [1.54, 1.807) is 49.4 Å². The molecule has 0 saturated carbocycles. The lowest BCUT2D eigenvalue weighted by atomic mass is 10.1. The van der Waals surface area contributed by atoms with Gasteiger partial charge in [-0.15, -0.1) is 0 Å². The summed E-state index contributed by atoms with van der Waals surface area (Å²) in [5.74, 6) is -0.104. The highest BCUT2D eigenvalue weighted by Gasteiger charge is 2.20. The molecular weight excluding hydrogens is 375 g/mol. The molecule has 7 heteroatoms. The van der Waals surface area contributed by atoms with Crippen LogP contribution in [0.5, 0.6) is 5.75 Å². The summed E-state index contributed by atoms with van der Waals surface area (Å²) in [7, 11) is 0. The number of rotatable bonds is 6. The smallest absolute Gasteiger partial charge is 0.261 e. The van der Waals surface area contributed by atoms with E-state index < -0.39 is 6.10 Å². The van der Waals surface area contributed by atoms with Gasteiger partial charge in [0.05, 0.1) is 11.7 Å². The highest BCUT2D eigenvalue weighted by atomic mass is 35.5. The van der Waals surface area contributed by atoms with Gasteiger partial charge in [-0.2, -0.15) is 0 Å². The number of amides is 2. The lowest BCUT2D eigenvalue weighted by Crippen LogP contribution is -2.38. The molecular formula is C19H20Cl2N2O3. The summed E-state index contributed by atoms with van der Waals surface area (Å²) in [6.07, 6.45) is -0.765. The van der Waals surface area contributed by atoms with Gasteiger partial charge in [-0.1, -0.05) is 41.4 Å². The molecule has 0 fully saturated rings. The summed E-state index contributed by atoms with van der Waals surface area (Å²) in [5, 5.41) is 6.54. The average molecular weight is 395 g/mol. The summed E-state index contributed by atoms with van der Waals surface area (Å²) in [6, 6.07) is 11.7. The molecule has 2 atom stereocenters. The molecule has 26 heavy (non-hydrogen) atoms. The van der Waals surface area contributed by atoms with Crippen molar-refractivity contribution in [3.05, 3.63) is 58.1 Å². The number of hydrogen-bond acceptors (Lipinski definition) is 3. The molecule has 0 aliphatic rings. The van der Waals surface area contributed by atoms with Crippen LogP contribution in [0.3, 0.4) is 0 Å². The SMILES string of the molecule is CC(=O)Nc1ccccc1O[C@H](C)C(=O)N[C@H](C)c1ccc(Cl)cc1Cl. The lowest BCUT2D eigenvalue weighted by molar-refractivity contribution is -0.127. The second kappa shape index (κ2) is 8.92. The van der Waals surface area contributed by atoms with E-state index >= 15 is 0 Å². The van der Waals surface area contributed by atoms with Crippen molar-refractivity contribution in [3.8, 4) is 5.75 Å². The first-order valence-corrected chi connectivity index (χ1v) is 8.82. The standard InChI is InChI=1S/C19H20Cl2N2O3/c1-11(15-9-8-14(20)10-16(15)21)22-19(25)12(2)26-18-7-5-4-6-17(18)23-13(3)24/h4-12H,1-3H3,(H,22,25)(H,23,24)/t11-,12-/m1/s1. The zero-order chi connectivity index (χ0) is 19.3. The van der Waals surface area contributed by atoms with Gasteiger partial charge < -0.3 is 15.4 Å². The fraction of sp³-hybridized carbons (Fsp3) is 0.263. The summed E-state index contributed by atoms with van der Waals surface area (Å²) < 4.78 is 5.71. The Balaban J connectivity index is 2.05. The van der Waals surface area contributed by atoms with E-state index in [-0.39, 0.29) is 17.9 Å². The summed E-state index contributed by atoms with van der Waals surface area (Å²) in [4.78, 5) is 23.7. The van der Waals surface area contributed by atoms with E-state index in [9.17, 15) is 9.59 Å². The van der Waals surface area contributed by atoms with Crippen LogP contribution in [0.15, 0.2) is 42.5 Å². The summed E-state index contributed by atoms with van der Waals surface area (Å²) >= 11 is 12.1. The van der Waals surface area contributed by atoms with Crippen LogP contribution in [-0.2, 0) is 9.59 Å². The highest BCUT2D eigenvalue weighted by molar-refractivity contribution is 6.35. The van der Waals surface area contributed by atoms with Gasteiger partial charge in [0.15, 0.2) is 6.10 Å². The minimum atomic E-state index is -0.765. The van der Waals surface area contributed by atoms with Gasteiger partial charge in [0.1, 0.15) is 5.75 Å². The van der Waals surface area contributed by atoms with Crippen LogP contribution in [-0.4, -0.2) is 17.9 Å². The number of halogens is 2. The fourth-order valence-electron chi connectivity index (χ4n) is 2.37. The van der Waals surface area contributed by atoms with Crippen molar-refractivity contribution in [3.63, 3.8) is 0 Å². The number of para-hydroxylation sites is 2. The van der Waals surface area contributed by atoms with Gasteiger partial charge in [-0.3, -0.25) is 9.59 Å².